The van der Waals surface area contributed by atoms with Crippen molar-refractivity contribution in [2.75, 3.05) is 12.9 Å². The van der Waals surface area contributed by atoms with Crippen molar-refractivity contribution in [2.45, 2.75) is 25.2 Å². The van der Waals surface area contributed by atoms with Gasteiger partial charge in [-0.3, -0.25) is 9.36 Å². The number of rotatable bonds is 9. The van der Waals surface area contributed by atoms with Gasteiger partial charge < -0.3 is 14.5 Å². The van der Waals surface area contributed by atoms with Crippen molar-refractivity contribution in [1.29, 1.82) is 0 Å². The summed E-state index contributed by atoms with van der Waals surface area (Å²) < 4.78 is 26.5. The molecular weight excluding hydrogens is 443 g/mol. The van der Waals surface area contributed by atoms with E-state index in [1.165, 1.54) is 17.8 Å². The average molecular weight is 467 g/mol. The van der Waals surface area contributed by atoms with Gasteiger partial charge in [-0.25, -0.2) is 4.39 Å². The van der Waals surface area contributed by atoms with E-state index < -0.39 is 0 Å². The summed E-state index contributed by atoms with van der Waals surface area (Å²) in [6.07, 6.45) is 1.61. The van der Waals surface area contributed by atoms with Crippen LogP contribution in [-0.4, -0.2) is 33.5 Å². The van der Waals surface area contributed by atoms with Crippen molar-refractivity contribution in [1.82, 2.24) is 20.1 Å². The van der Waals surface area contributed by atoms with Crippen molar-refractivity contribution < 1.29 is 18.3 Å². The normalized spacial score (nSPS) is 10.9. The number of carbonyl (C=O) groups is 1. The number of hydrogen-bond donors (Lipinski definition) is 1. The molecule has 0 radical (unpaired) electrons. The molecule has 170 valence electrons. The van der Waals surface area contributed by atoms with Crippen LogP contribution in [0, 0.1) is 12.7 Å². The van der Waals surface area contributed by atoms with E-state index in [1.54, 1.807) is 32.4 Å². The van der Waals surface area contributed by atoms with Crippen molar-refractivity contribution in [3.63, 3.8) is 0 Å². The van der Waals surface area contributed by atoms with Gasteiger partial charge in [-0.1, -0.05) is 36.0 Å². The Bertz CT molecular complexity index is 1240. The highest BCUT2D eigenvalue weighted by molar-refractivity contribution is 7.99. The van der Waals surface area contributed by atoms with E-state index >= 15 is 0 Å². The number of aromatic nitrogens is 3. The number of nitrogens with one attached hydrogen (secondary N) is 1. The molecule has 4 aromatic rings. The number of methoxy groups -OCH3 is 1. The lowest BCUT2D eigenvalue weighted by atomic mass is 10.1. The largest absolute Gasteiger partial charge is 0.497 e. The maximum atomic E-state index is 13.7. The van der Waals surface area contributed by atoms with Crippen LogP contribution in [0.1, 0.15) is 16.9 Å². The molecule has 7 nitrogen and oxygen atoms in total. The summed E-state index contributed by atoms with van der Waals surface area (Å²) in [7, 11) is 1.61. The quantitative estimate of drug-likeness (QED) is 0.367. The molecule has 0 aliphatic rings. The number of ether oxygens (including phenoxy) is 1. The van der Waals surface area contributed by atoms with Crippen LogP contribution in [-0.2, 0) is 17.9 Å². The molecule has 0 atom stereocenters. The zero-order chi connectivity index (χ0) is 23.2. The maximum absolute atomic E-state index is 13.7. The number of carbonyl (C=O) groups excluding carboxylic acids is 1. The monoisotopic (exact) mass is 466 g/mol. The molecule has 1 amide bonds. The predicted octanol–water partition coefficient (Wildman–Crippen LogP) is 4.45. The van der Waals surface area contributed by atoms with E-state index in [9.17, 15) is 9.18 Å². The standard InChI is InChI=1S/C24H23FN4O3S/c1-16-8-9-17(11-21(16)25)13-26-22(30)15-33-24-28-27-23(18-5-3-6-19(12-18)31-2)29(24)14-20-7-4-10-32-20/h3-12H,13-15H2,1-2H3,(H,26,30). The zero-order valence-electron chi connectivity index (χ0n) is 18.2. The smallest absolute Gasteiger partial charge is 0.230 e. The van der Waals surface area contributed by atoms with Crippen LogP contribution in [0.25, 0.3) is 11.4 Å². The highest BCUT2D eigenvalue weighted by atomic mass is 32.2. The molecule has 0 unspecified atom stereocenters. The summed E-state index contributed by atoms with van der Waals surface area (Å²) in [5.74, 6) is 1.77. The number of amides is 1. The second kappa shape index (κ2) is 10.4. The summed E-state index contributed by atoms with van der Waals surface area (Å²) >= 11 is 1.27. The van der Waals surface area contributed by atoms with Gasteiger partial charge in [-0.2, -0.15) is 0 Å². The van der Waals surface area contributed by atoms with Gasteiger partial charge >= 0.3 is 0 Å². The Balaban J connectivity index is 1.47. The second-order valence-corrected chi connectivity index (χ2v) is 8.30. The van der Waals surface area contributed by atoms with Gasteiger partial charge in [0.15, 0.2) is 11.0 Å². The molecule has 0 aliphatic heterocycles. The Hall–Kier alpha value is -3.59. The fourth-order valence-electron chi connectivity index (χ4n) is 3.20. The number of aryl methyl sites for hydroxylation is 1. The topological polar surface area (TPSA) is 82.2 Å². The lowest BCUT2D eigenvalue weighted by molar-refractivity contribution is -0.118. The molecule has 2 aromatic carbocycles. The molecule has 2 aromatic heterocycles. The van der Waals surface area contributed by atoms with E-state index in [0.29, 0.717) is 34.4 Å². The molecule has 0 saturated heterocycles. The highest BCUT2D eigenvalue weighted by Crippen LogP contribution is 2.27. The first-order chi connectivity index (χ1) is 16.0. The maximum Gasteiger partial charge on any atom is 0.230 e. The van der Waals surface area contributed by atoms with Crippen LogP contribution in [0.15, 0.2) is 70.4 Å². The molecule has 0 aliphatic carbocycles. The number of benzene rings is 2. The van der Waals surface area contributed by atoms with Gasteiger partial charge in [-0.15, -0.1) is 10.2 Å². The third-order valence-corrected chi connectivity index (χ3v) is 5.96. The Morgan fingerprint density at radius 1 is 1.18 bits per heavy atom. The molecule has 33 heavy (non-hydrogen) atoms. The summed E-state index contributed by atoms with van der Waals surface area (Å²) in [5, 5.41) is 12.1. The first kappa shape index (κ1) is 22.6. The number of nitrogens with zero attached hydrogens (tertiary/aromatic N) is 3. The zero-order valence-corrected chi connectivity index (χ0v) is 19.1. The van der Waals surface area contributed by atoms with E-state index in [-0.39, 0.29) is 24.0 Å². The van der Waals surface area contributed by atoms with E-state index in [4.69, 9.17) is 9.15 Å². The average Bonchev–Trinajstić information content (AvgIpc) is 3.49. The van der Waals surface area contributed by atoms with Crippen molar-refractivity contribution in [2.24, 2.45) is 0 Å². The first-order valence-corrected chi connectivity index (χ1v) is 11.3. The molecule has 4 rings (SSSR count). The molecule has 0 spiro atoms. The fourth-order valence-corrected chi connectivity index (χ4v) is 3.97. The summed E-state index contributed by atoms with van der Waals surface area (Å²) in [5.41, 5.74) is 2.12. The fraction of sp³-hybridized carbons (Fsp3) is 0.208. The van der Waals surface area contributed by atoms with Crippen LogP contribution >= 0.6 is 11.8 Å². The number of hydrogen-bond acceptors (Lipinski definition) is 6. The number of halogens is 1. The third-order valence-electron chi connectivity index (χ3n) is 5.00. The first-order valence-electron chi connectivity index (χ1n) is 10.3. The molecule has 9 heteroatoms. The molecule has 0 saturated carbocycles. The van der Waals surface area contributed by atoms with Gasteiger partial charge in [0.2, 0.25) is 5.91 Å². The second-order valence-electron chi connectivity index (χ2n) is 7.35. The van der Waals surface area contributed by atoms with E-state index in [1.807, 2.05) is 41.0 Å². The van der Waals surface area contributed by atoms with Gasteiger partial charge in [0, 0.05) is 12.1 Å². The summed E-state index contributed by atoms with van der Waals surface area (Å²) in [6, 6.07) is 16.2. The van der Waals surface area contributed by atoms with Crippen molar-refractivity contribution >= 4 is 17.7 Å². The SMILES string of the molecule is COc1cccc(-c2nnc(SCC(=O)NCc3ccc(C)c(F)c3)n2Cc2ccco2)c1. The molecule has 1 N–H and O–H groups in total. The minimum absolute atomic E-state index is 0.142. The van der Waals surface area contributed by atoms with E-state index in [2.05, 4.69) is 15.5 Å². The van der Waals surface area contributed by atoms with Gasteiger partial charge in [0.05, 0.1) is 25.7 Å². The van der Waals surface area contributed by atoms with Gasteiger partial charge in [-0.05, 0) is 48.4 Å². The third kappa shape index (κ3) is 5.61. The Labute approximate surface area is 195 Å². The minimum atomic E-state index is -0.285. The summed E-state index contributed by atoms with van der Waals surface area (Å²) in [4.78, 5) is 12.4. The Kier molecular flexibility index (Phi) is 7.09. The van der Waals surface area contributed by atoms with Gasteiger partial charge in [0.25, 0.3) is 0 Å². The predicted molar refractivity (Wildman–Crippen MR) is 124 cm³/mol. The summed E-state index contributed by atoms with van der Waals surface area (Å²) in [6.45, 7) is 2.37. The Morgan fingerprint density at radius 3 is 2.82 bits per heavy atom. The number of furan rings is 1. The van der Waals surface area contributed by atoms with Crippen LogP contribution in [0.2, 0.25) is 0 Å². The highest BCUT2D eigenvalue weighted by Gasteiger charge is 2.17. The van der Waals surface area contributed by atoms with Crippen LogP contribution in [0.5, 0.6) is 5.75 Å². The van der Waals surface area contributed by atoms with Crippen LogP contribution in [0.3, 0.4) is 0 Å². The van der Waals surface area contributed by atoms with Crippen LogP contribution < -0.4 is 10.1 Å². The lowest BCUT2D eigenvalue weighted by Gasteiger charge is -2.10. The van der Waals surface area contributed by atoms with Crippen molar-refractivity contribution in [3.8, 4) is 17.1 Å². The molecule has 2 heterocycles. The molecular formula is C24H23FN4O3S. The Morgan fingerprint density at radius 2 is 2.06 bits per heavy atom. The molecule has 0 fully saturated rings. The van der Waals surface area contributed by atoms with Gasteiger partial charge in [0.1, 0.15) is 17.3 Å². The number of thioether (sulfide) groups is 1. The molecule has 0 bridgehead atoms. The minimum Gasteiger partial charge on any atom is -0.497 e. The van der Waals surface area contributed by atoms with Crippen molar-refractivity contribution in [3.05, 3.63) is 83.6 Å². The van der Waals surface area contributed by atoms with E-state index in [0.717, 1.165) is 11.3 Å². The lowest BCUT2D eigenvalue weighted by Crippen LogP contribution is -2.24. The van der Waals surface area contributed by atoms with Crippen LogP contribution in [0.4, 0.5) is 4.39 Å².